The second-order valence-corrected chi connectivity index (χ2v) is 9.38. The molecule has 35 heavy (non-hydrogen) atoms. The first-order valence-corrected chi connectivity index (χ1v) is 12.4. The minimum atomic E-state index is -0.0809. The van der Waals surface area contributed by atoms with Gasteiger partial charge in [0.15, 0.2) is 0 Å². The van der Waals surface area contributed by atoms with E-state index in [-0.39, 0.29) is 30.6 Å². The van der Waals surface area contributed by atoms with E-state index in [4.69, 9.17) is 4.74 Å². The standard InChI is InChI=1S/C29H33N3O3/c1-35-25-15-13-24(14-16-25)30-29(34)31-17-5-6-18-32-26(19-31)28(27(32)20-33)23-11-9-22(10-12-23)21-7-3-2-4-8-21/h2-4,7-16,26-28,33H,5-6,17-20H2,1H3,(H,30,34)/t26-,27+,28+/m0/s1. The Bertz CT molecular complexity index is 1120. The van der Waals surface area contributed by atoms with Crippen LogP contribution in [0, 0.1) is 0 Å². The molecule has 0 unspecified atom stereocenters. The van der Waals surface area contributed by atoms with Gasteiger partial charge in [-0.25, -0.2) is 4.79 Å². The van der Waals surface area contributed by atoms with Crippen LogP contribution < -0.4 is 10.1 Å². The maximum absolute atomic E-state index is 13.2. The van der Waals surface area contributed by atoms with E-state index in [9.17, 15) is 9.90 Å². The fourth-order valence-corrected chi connectivity index (χ4v) is 5.53. The summed E-state index contributed by atoms with van der Waals surface area (Å²) in [4.78, 5) is 17.5. The van der Waals surface area contributed by atoms with E-state index in [1.165, 1.54) is 16.7 Å². The topological polar surface area (TPSA) is 65.0 Å². The third kappa shape index (κ3) is 4.90. The minimum absolute atomic E-state index is 0.0809. The van der Waals surface area contributed by atoms with E-state index in [1.54, 1.807) is 7.11 Å². The molecule has 2 heterocycles. The molecule has 6 heteroatoms. The van der Waals surface area contributed by atoms with Gasteiger partial charge in [0.05, 0.1) is 13.7 Å². The zero-order chi connectivity index (χ0) is 24.2. The summed E-state index contributed by atoms with van der Waals surface area (Å²) in [6, 6.07) is 26.7. The lowest BCUT2D eigenvalue weighted by atomic mass is 9.74. The van der Waals surface area contributed by atoms with Gasteiger partial charge in [-0.15, -0.1) is 0 Å². The Labute approximate surface area is 207 Å². The first-order chi connectivity index (χ1) is 17.2. The van der Waals surface area contributed by atoms with Crippen molar-refractivity contribution in [1.29, 1.82) is 0 Å². The molecule has 182 valence electrons. The van der Waals surface area contributed by atoms with Crippen LogP contribution in [0.5, 0.6) is 5.75 Å². The molecular weight excluding hydrogens is 438 g/mol. The highest BCUT2D eigenvalue weighted by atomic mass is 16.5. The smallest absolute Gasteiger partial charge is 0.321 e. The molecule has 0 radical (unpaired) electrons. The zero-order valence-electron chi connectivity index (χ0n) is 20.1. The molecule has 3 atom stereocenters. The number of methoxy groups -OCH3 is 1. The molecule has 6 nitrogen and oxygen atoms in total. The number of hydrogen-bond acceptors (Lipinski definition) is 4. The van der Waals surface area contributed by atoms with E-state index in [2.05, 4.69) is 58.7 Å². The second kappa shape index (κ2) is 10.5. The number of ether oxygens (including phenoxy) is 1. The number of urea groups is 1. The summed E-state index contributed by atoms with van der Waals surface area (Å²) >= 11 is 0. The monoisotopic (exact) mass is 471 g/mol. The van der Waals surface area contributed by atoms with Gasteiger partial charge in [-0.3, -0.25) is 4.90 Å². The Hall–Kier alpha value is -3.35. The normalized spacial score (nSPS) is 22.3. The minimum Gasteiger partial charge on any atom is -0.497 e. The van der Waals surface area contributed by atoms with Crippen LogP contribution in [0.25, 0.3) is 11.1 Å². The van der Waals surface area contributed by atoms with Crippen LogP contribution >= 0.6 is 0 Å². The van der Waals surface area contributed by atoms with Gasteiger partial charge in [0, 0.05) is 36.8 Å². The number of rotatable bonds is 5. The molecule has 0 spiro atoms. The van der Waals surface area contributed by atoms with Gasteiger partial charge >= 0.3 is 6.03 Å². The number of nitrogens with one attached hydrogen (secondary N) is 1. The third-order valence-corrected chi connectivity index (χ3v) is 7.40. The Morgan fingerprint density at radius 2 is 1.63 bits per heavy atom. The van der Waals surface area contributed by atoms with Crippen molar-refractivity contribution in [2.75, 3.05) is 38.7 Å². The van der Waals surface area contributed by atoms with Crippen LogP contribution in [0.1, 0.15) is 24.3 Å². The number of amides is 2. The van der Waals surface area contributed by atoms with Gasteiger partial charge in [-0.2, -0.15) is 0 Å². The predicted molar refractivity (Wildman–Crippen MR) is 139 cm³/mol. The second-order valence-electron chi connectivity index (χ2n) is 9.38. The lowest BCUT2D eigenvalue weighted by molar-refractivity contribution is -0.0585. The van der Waals surface area contributed by atoms with E-state index in [0.29, 0.717) is 6.54 Å². The number of carbonyl (C=O) groups is 1. The SMILES string of the molecule is COc1ccc(NC(=O)N2CCCCN3[C@H](CO)[C@H](c4ccc(-c5ccccc5)cc4)[C@@H]3C2)cc1. The Kier molecular flexibility index (Phi) is 7.02. The van der Waals surface area contributed by atoms with Gasteiger partial charge in [-0.05, 0) is 60.3 Å². The molecule has 2 amide bonds. The zero-order valence-corrected chi connectivity index (χ0v) is 20.1. The fourth-order valence-electron chi connectivity index (χ4n) is 5.53. The molecule has 0 aliphatic carbocycles. The van der Waals surface area contributed by atoms with Crippen molar-refractivity contribution in [1.82, 2.24) is 9.80 Å². The quantitative estimate of drug-likeness (QED) is 0.560. The predicted octanol–water partition coefficient (Wildman–Crippen LogP) is 4.82. The van der Waals surface area contributed by atoms with Crippen molar-refractivity contribution >= 4 is 11.7 Å². The third-order valence-electron chi connectivity index (χ3n) is 7.40. The van der Waals surface area contributed by atoms with Crippen molar-refractivity contribution < 1.29 is 14.6 Å². The van der Waals surface area contributed by atoms with Crippen LogP contribution in [0.2, 0.25) is 0 Å². The average molecular weight is 472 g/mol. The van der Waals surface area contributed by atoms with Crippen LogP contribution in [-0.2, 0) is 0 Å². The summed E-state index contributed by atoms with van der Waals surface area (Å²) < 4.78 is 5.21. The lowest BCUT2D eigenvalue weighted by Crippen LogP contribution is -2.68. The number of carbonyl (C=O) groups excluding carboxylic acids is 1. The molecule has 2 N–H and O–H groups in total. The summed E-state index contributed by atoms with van der Waals surface area (Å²) in [5.41, 5.74) is 4.36. The highest BCUT2D eigenvalue weighted by Gasteiger charge is 2.49. The van der Waals surface area contributed by atoms with Gasteiger partial charge in [-0.1, -0.05) is 54.6 Å². The van der Waals surface area contributed by atoms with Crippen LogP contribution in [0.15, 0.2) is 78.9 Å². The fraction of sp³-hybridized carbons (Fsp3) is 0.345. The van der Waals surface area contributed by atoms with Gasteiger partial charge < -0.3 is 20.1 Å². The highest BCUT2D eigenvalue weighted by Crippen LogP contribution is 2.42. The van der Waals surface area contributed by atoms with Gasteiger partial charge in [0.1, 0.15) is 5.75 Å². The van der Waals surface area contributed by atoms with Crippen LogP contribution in [0.3, 0.4) is 0 Å². The van der Waals surface area contributed by atoms with Gasteiger partial charge in [0.25, 0.3) is 0 Å². The molecule has 0 bridgehead atoms. The van der Waals surface area contributed by atoms with Crippen molar-refractivity contribution in [3.05, 3.63) is 84.4 Å². The van der Waals surface area contributed by atoms with Crippen molar-refractivity contribution in [2.24, 2.45) is 0 Å². The van der Waals surface area contributed by atoms with Crippen molar-refractivity contribution in [2.45, 2.75) is 30.8 Å². The van der Waals surface area contributed by atoms with E-state index < -0.39 is 0 Å². The molecular formula is C29H33N3O3. The number of anilines is 1. The highest BCUT2D eigenvalue weighted by molar-refractivity contribution is 5.89. The lowest BCUT2D eigenvalue weighted by Gasteiger charge is -2.57. The summed E-state index contributed by atoms with van der Waals surface area (Å²) in [5.74, 6) is 0.953. The van der Waals surface area contributed by atoms with E-state index >= 15 is 0 Å². The number of aliphatic hydroxyl groups excluding tert-OH is 1. The number of hydrogen-bond donors (Lipinski definition) is 2. The Balaban J connectivity index is 1.32. The van der Waals surface area contributed by atoms with E-state index in [1.807, 2.05) is 35.2 Å². The summed E-state index contributed by atoms with van der Waals surface area (Å²) in [6.45, 7) is 2.46. The average Bonchev–Trinajstić information content (AvgIpc) is 2.89. The van der Waals surface area contributed by atoms with Crippen molar-refractivity contribution in [3.8, 4) is 16.9 Å². The molecule has 2 aliphatic heterocycles. The number of fused-ring (bicyclic) bond motifs is 1. The summed E-state index contributed by atoms with van der Waals surface area (Å²) in [5, 5.41) is 13.3. The first kappa shape index (κ1) is 23.4. The molecule has 0 aromatic heterocycles. The van der Waals surface area contributed by atoms with Crippen molar-refractivity contribution in [3.63, 3.8) is 0 Å². The van der Waals surface area contributed by atoms with Crippen LogP contribution in [0.4, 0.5) is 10.5 Å². The number of benzene rings is 3. The summed E-state index contributed by atoms with van der Waals surface area (Å²) in [6.07, 6.45) is 1.97. The summed E-state index contributed by atoms with van der Waals surface area (Å²) in [7, 11) is 1.63. The van der Waals surface area contributed by atoms with Gasteiger partial charge in [0.2, 0.25) is 0 Å². The molecule has 3 aromatic carbocycles. The molecule has 2 fully saturated rings. The van der Waals surface area contributed by atoms with E-state index in [0.717, 1.165) is 37.4 Å². The number of aliphatic hydroxyl groups is 1. The first-order valence-electron chi connectivity index (χ1n) is 12.4. The largest absolute Gasteiger partial charge is 0.497 e. The molecule has 2 aliphatic rings. The molecule has 5 rings (SSSR count). The Morgan fingerprint density at radius 1 is 0.943 bits per heavy atom. The maximum atomic E-state index is 13.2. The molecule has 0 saturated carbocycles. The maximum Gasteiger partial charge on any atom is 0.321 e. The number of nitrogens with zero attached hydrogens (tertiary/aromatic N) is 2. The molecule has 3 aromatic rings. The molecule has 2 saturated heterocycles. The van der Waals surface area contributed by atoms with Crippen LogP contribution in [-0.4, -0.2) is 66.4 Å². The Morgan fingerprint density at radius 3 is 2.31 bits per heavy atom.